The second-order valence-corrected chi connectivity index (χ2v) is 4.98. The monoisotopic (exact) mass is 340 g/mol. The fourth-order valence-electron chi connectivity index (χ4n) is 1.76. The van der Waals surface area contributed by atoms with Crippen LogP contribution in [0.5, 0.6) is 0 Å². The average Bonchev–Trinajstić information content (AvgIpc) is 2.41. The van der Waals surface area contributed by atoms with E-state index in [9.17, 15) is 13.6 Å². The predicted octanol–water partition coefficient (Wildman–Crippen LogP) is 3.44. The van der Waals surface area contributed by atoms with Crippen LogP contribution in [0.4, 0.5) is 14.5 Å². The van der Waals surface area contributed by atoms with Gasteiger partial charge in [0, 0.05) is 18.2 Å². The van der Waals surface area contributed by atoms with Crippen molar-refractivity contribution in [2.45, 2.75) is 6.54 Å². The van der Waals surface area contributed by atoms with Gasteiger partial charge >= 0.3 is 0 Å². The van der Waals surface area contributed by atoms with Gasteiger partial charge in [0.05, 0.1) is 10.2 Å². The Bertz CT molecular complexity index is 662. The summed E-state index contributed by atoms with van der Waals surface area (Å²) in [4.78, 5) is 11.3. The van der Waals surface area contributed by atoms with E-state index in [1.807, 2.05) is 0 Å². The van der Waals surface area contributed by atoms with Crippen molar-refractivity contribution >= 4 is 27.5 Å². The number of primary amides is 1. The van der Waals surface area contributed by atoms with E-state index >= 15 is 0 Å². The summed E-state index contributed by atoms with van der Waals surface area (Å²) in [5.74, 6) is -1.73. The Balaban J connectivity index is 2.21. The molecule has 0 saturated carbocycles. The van der Waals surface area contributed by atoms with Gasteiger partial charge in [0.2, 0.25) is 5.91 Å². The fourth-order valence-corrected chi connectivity index (χ4v) is 2.08. The van der Waals surface area contributed by atoms with Crippen LogP contribution in [0.1, 0.15) is 15.9 Å². The molecule has 0 aliphatic rings. The normalized spacial score (nSPS) is 10.3. The van der Waals surface area contributed by atoms with E-state index in [1.165, 1.54) is 0 Å². The van der Waals surface area contributed by atoms with Crippen molar-refractivity contribution in [3.8, 4) is 0 Å². The second kappa shape index (κ2) is 6.00. The van der Waals surface area contributed by atoms with Crippen LogP contribution in [0.15, 0.2) is 40.9 Å². The zero-order valence-corrected chi connectivity index (χ0v) is 11.9. The van der Waals surface area contributed by atoms with E-state index < -0.39 is 17.5 Å². The molecule has 2 rings (SSSR count). The van der Waals surface area contributed by atoms with Crippen LogP contribution in [0.3, 0.4) is 0 Å². The first-order valence-corrected chi connectivity index (χ1v) is 6.54. The van der Waals surface area contributed by atoms with E-state index in [-0.39, 0.29) is 16.7 Å². The van der Waals surface area contributed by atoms with Crippen molar-refractivity contribution in [3.05, 3.63) is 63.6 Å². The van der Waals surface area contributed by atoms with Crippen LogP contribution in [0.2, 0.25) is 0 Å². The Hall–Kier alpha value is -1.95. The lowest BCUT2D eigenvalue weighted by molar-refractivity contribution is 0.0999. The maximum Gasteiger partial charge on any atom is 0.249 e. The molecular weight excluding hydrogens is 330 g/mol. The highest BCUT2D eigenvalue weighted by Gasteiger charge is 2.10. The highest BCUT2D eigenvalue weighted by molar-refractivity contribution is 9.10. The van der Waals surface area contributed by atoms with Crippen molar-refractivity contribution in [1.29, 1.82) is 0 Å². The van der Waals surface area contributed by atoms with Gasteiger partial charge in [0.25, 0.3) is 0 Å². The van der Waals surface area contributed by atoms with Crippen LogP contribution in [0.25, 0.3) is 0 Å². The molecule has 0 unspecified atom stereocenters. The van der Waals surface area contributed by atoms with Crippen molar-refractivity contribution in [1.82, 2.24) is 0 Å². The van der Waals surface area contributed by atoms with Crippen molar-refractivity contribution in [2.75, 3.05) is 5.32 Å². The van der Waals surface area contributed by atoms with E-state index in [4.69, 9.17) is 5.73 Å². The highest BCUT2D eigenvalue weighted by atomic mass is 79.9. The zero-order chi connectivity index (χ0) is 14.7. The van der Waals surface area contributed by atoms with Gasteiger partial charge in [-0.2, -0.15) is 0 Å². The Morgan fingerprint density at radius 2 is 1.90 bits per heavy atom. The van der Waals surface area contributed by atoms with Gasteiger partial charge in [-0.05, 0) is 33.6 Å². The van der Waals surface area contributed by atoms with E-state index in [1.54, 1.807) is 24.3 Å². The van der Waals surface area contributed by atoms with Gasteiger partial charge in [-0.1, -0.05) is 18.2 Å². The lowest BCUT2D eigenvalue weighted by Gasteiger charge is -2.11. The van der Waals surface area contributed by atoms with Gasteiger partial charge in [-0.15, -0.1) is 0 Å². The van der Waals surface area contributed by atoms with Gasteiger partial charge in [-0.3, -0.25) is 4.79 Å². The topological polar surface area (TPSA) is 55.1 Å². The molecule has 0 spiro atoms. The number of benzene rings is 2. The maximum atomic E-state index is 13.6. The summed E-state index contributed by atoms with van der Waals surface area (Å²) in [6, 6.07) is 8.79. The number of rotatable bonds is 4. The minimum atomic E-state index is -0.588. The number of anilines is 1. The molecular formula is C14H11BrF2N2O. The summed E-state index contributed by atoms with van der Waals surface area (Å²) < 4.78 is 27.1. The third-order valence-corrected chi connectivity index (χ3v) is 3.37. The molecule has 0 saturated heterocycles. The molecule has 0 atom stereocenters. The molecule has 3 nitrogen and oxygen atoms in total. The first-order valence-electron chi connectivity index (χ1n) is 5.75. The van der Waals surface area contributed by atoms with Crippen LogP contribution in [-0.4, -0.2) is 5.91 Å². The summed E-state index contributed by atoms with van der Waals surface area (Å²) in [6.45, 7) is 0.164. The molecule has 0 bridgehead atoms. The van der Waals surface area contributed by atoms with E-state index in [2.05, 4.69) is 21.2 Å². The number of hydrogen-bond acceptors (Lipinski definition) is 2. The Labute approximate surface area is 122 Å². The second-order valence-electron chi connectivity index (χ2n) is 4.12. The highest BCUT2D eigenvalue weighted by Crippen LogP contribution is 2.24. The minimum absolute atomic E-state index is 0.0185. The largest absolute Gasteiger partial charge is 0.378 e. The van der Waals surface area contributed by atoms with Crippen LogP contribution >= 0.6 is 15.9 Å². The number of carbonyl (C=O) groups excluding carboxylic acids is 1. The predicted molar refractivity (Wildman–Crippen MR) is 76.3 cm³/mol. The molecule has 0 aromatic heterocycles. The molecule has 20 heavy (non-hydrogen) atoms. The van der Waals surface area contributed by atoms with Gasteiger partial charge in [0.15, 0.2) is 0 Å². The summed E-state index contributed by atoms with van der Waals surface area (Å²) >= 11 is 2.90. The zero-order valence-electron chi connectivity index (χ0n) is 10.3. The van der Waals surface area contributed by atoms with Crippen LogP contribution < -0.4 is 11.1 Å². The quantitative estimate of drug-likeness (QED) is 0.837. The Morgan fingerprint density at radius 1 is 1.20 bits per heavy atom. The van der Waals surface area contributed by atoms with Crippen molar-refractivity contribution < 1.29 is 13.6 Å². The Kier molecular flexibility index (Phi) is 4.34. The first-order chi connectivity index (χ1) is 9.49. The smallest absolute Gasteiger partial charge is 0.249 e. The summed E-state index contributed by atoms with van der Waals surface area (Å²) in [6.07, 6.45) is 0. The van der Waals surface area contributed by atoms with Gasteiger partial charge in [-0.25, -0.2) is 8.78 Å². The SMILES string of the molecule is NC(=O)c1ccccc1CNc1cc(F)c(Br)cc1F. The molecule has 6 heteroatoms. The van der Waals surface area contributed by atoms with Gasteiger partial charge in [0.1, 0.15) is 11.6 Å². The number of nitrogens with two attached hydrogens (primary N) is 1. The number of amides is 1. The molecule has 3 N–H and O–H groups in total. The molecule has 1 amide bonds. The van der Waals surface area contributed by atoms with Crippen LogP contribution in [-0.2, 0) is 6.54 Å². The van der Waals surface area contributed by atoms with E-state index in [0.29, 0.717) is 11.1 Å². The lowest BCUT2D eigenvalue weighted by atomic mass is 10.1. The number of halogens is 3. The maximum absolute atomic E-state index is 13.6. The summed E-state index contributed by atoms with van der Waals surface area (Å²) in [7, 11) is 0. The molecule has 2 aromatic rings. The fraction of sp³-hybridized carbons (Fsp3) is 0.0714. The van der Waals surface area contributed by atoms with Crippen molar-refractivity contribution in [2.24, 2.45) is 5.73 Å². The third kappa shape index (κ3) is 3.14. The van der Waals surface area contributed by atoms with Crippen molar-refractivity contribution in [3.63, 3.8) is 0 Å². The van der Waals surface area contributed by atoms with Crippen LogP contribution in [0, 0.1) is 11.6 Å². The molecule has 0 aliphatic heterocycles. The standard InChI is InChI=1S/C14H11BrF2N2O/c15-10-5-12(17)13(6-11(10)16)19-7-8-3-1-2-4-9(8)14(18)20/h1-6,19H,7H2,(H2,18,20). The molecule has 0 heterocycles. The number of nitrogens with one attached hydrogen (secondary N) is 1. The number of carbonyl (C=O) groups is 1. The van der Waals surface area contributed by atoms with Gasteiger partial charge < -0.3 is 11.1 Å². The Morgan fingerprint density at radius 3 is 2.60 bits per heavy atom. The first kappa shape index (κ1) is 14.5. The summed E-state index contributed by atoms with van der Waals surface area (Å²) in [5, 5.41) is 2.75. The molecule has 0 radical (unpaired) electrons. The molecule has 0 fully saturated rings. The molecule has 104 valence electrons. The summed E-state index contributed by atoms with van der Waals surface area (Å²) in [5.41, 5.74) is 6.23. The lowest BCUT2D eigenvalue weighted by Crippen LogP contribution is -2.15. The third-order valence-electron chi connectivity index (χ3n) is 2.76. The number of hydrogen-bond donors (Lipinski definition) is 2. The average molecular weight is 341 g/mol. The molecule has 2 aromatic carbocycles. The minimum Gasteiger partial charge on any atom is -0.378 e. The van der Waals surface area contributed by atoms with E-state index in [0.717, 1.165) is 12.1 Å². The molecule has 0 aliphatic carbocycles.